The Morgan fingerprint density at radius 1 is 1.05 bits per heavy atom. The Morgan fingerprint density at radius 2 is 1.84 bits per heavy atom. The highest BCUT2D eigenvalue weighted by Crippen LogP contribution is 2.43. The van der Waals surface area contributed by atoms with Crippen LogP contribution in [0.2, 0.25) is 0 Å². The van der Waals surface area contributed by atoms with E-state index in [0.29, 0.717) is 74.4 Å². The van der Waals surface area contributed by atoms with Gasteiger partial charge in [0.2, 0.25) is 0 Å². The first-order chi connectivity index (χ1) is 20.8. The number of benzene rings is 2. The smallest absolute Gasteiger partial charge is 0.295 e. The van der Waals surface area contributed by atoms with Gasteiger partial charge in [-0.15, -0.1) is 0 Å². The summed E-state index contributed by atoms with van der Waals surface area (Å²) < 4.78 is 23.3. The lowest BCUT2D eigenvalue weighted by Crippen LogP contribution is -2.39. The van der Waals surface area contributed by atoms with Gasteiger partial charge in [-0.2, -0.15) is 0 Å². The molecule has 0 spiro atoms. The SMILES string of the molecule is CCOc1cc([C@@H]2C(=C(O)c3ccc4c(c3)C[C@@H](C)O4)C(=O)C(=O)N2CCCN2CCOCC2)ccc1OCCC(C)C. The van der Waals surface area contributed by atoms with E-state index < -0.39 is 17.7 Å². The fraction of sp³-hybridized carbons (Fsp3) is 0.529. The predicted octanol–water partition coefficient (Wildman–Crippen LogP) is 4.98. The first kappa shape index (κ1) is 30.9. The molecule has 2 atom stereocenters. The molecule has 0 unspecified atom stereocenters. The number of ketones is 1. The lowest BCUT2D eigenvalue weighted by atomic mass is 9.94. The van der Waals surface area contributed by atoms with Gasteiger partial charge in [0.1, 0.15) is 17.6 Å². The summed E-state index contributed by atoms with van der Waals surface area (Å²) in [6, 6.07) is 10.2. The zero-order valence-corrected chi connectivity index (χ0v) is 25.8. The Kier molecular flexibility index (Phi) is 9.93. The quantitative estimate of drug-likeness (QED) is 0.210. The molecule has 2 saturated heterocycles. The maximum absolute atomic E-state index is 13.6. The molecule has 9 heteroatoms. The van der Waals surface area contributed by atoms with Crippen LogP contribution in [0, 0.1) is 5.92 Å². The fourth-order valence-corrected chi connectivity index (χ4v) is 5.96. The molecule has 43 heavy (non-hydrogen) atoms. The molecule has 0 radical (unpaired) electrons. The van der Waals surface area contributed by atoms with Gasteiger partial charge < -0.3 is 29.0 Å². The van der Waals surface area contributed by atoms with Crippen molar-refractivity contribution in [2.75, 3.05) is 52.6 Å². The van der Waals surface area contributed by atoms with Crippen LogP contribution in [-0.4, -0.2) is 85.3 Å². The number of carbonyl (C=O) groups excluding carboxylic acids is 2. The number of amides is 1. The van der Waals surface area contributed by atoms with Crippen molar-refractivity contribution < 1.29 is 33.6 Å². The molecule has 0 bridgehead atoms. The minimum absolute atomic E-state index is 0.0442. The molecule has 3 aliphatic heterocycles. The van der Waals surface area contributed by atoms with E-state index in [9.17, 15) is 14.7 Å². The zero-order chi connectivity index (χ0) is 30.5. The third-order valence-electron chi connectivity index (χ3n) is 8.22. The number of morpholine rings is 1. The number of aliphatic hydroxyl groups is 1. The number of Topliss-reactive ketones (excluding diaryl/α,β-unsaturated/α-hetero) is 1. The summed E-state index contributed by atoms with van der Waals surface area (Å²) in [5.41, 5.74) is 2.23. The van der Waals surface area contributed by atoms with Crippen LogP contribution < -0.4 is 14.2 Å². The van der Waals surface area contributed by atoms with E-state index in [1.54, 1.807) is 11.0 Å². The molecule has 0 aliphatic carbocycles. The van der Waals surface area contributed by atoms with Gasteiger partial charge in [-0.1, -0.05) is 19.9 Å². The first-order valence-electron chi connectivity index (χ1n) is 15.5. The number of likely N-dealkylation sites (tertiary alicyclic amines) is 1. The van der Waals surface area contributed by atoms with Crippen LogP contribution >= 0.6 is 0 Å². The molecule has 5 rings (SSSR count). The second-order valence-electron chi connectivity index (χ2n) is 11.9. The van der Waals surface area contributed by atoms with Crippen molar-refractivity contribution in [2.24, 2.45) is 5.92 Å². The maximum Gasteiger partial charge on any atom is 0.295 e. The minimum atomic E-state index is -0.767. The number of carbonyl (C=O) groups is 2. The zero-order valence-electron chi connectivity index (χ0n) is 25.8. The fourth-order valence-electron chi connectivity index (χ4n) is 5.96. The lowest BCUT2D eigenvalue weighted by Gasteiger charge is -2.29. The van der Waals surface area contributed by atoms with Crippen LogP contribution in [0.15, 0.2) is 42.0 Å². The summed E-state index contributed by atoms with van der Waals surface area (Å²) in [7, 11) is 0. The normalized spacial score (nSPS) is 21.7. The molecule has 1 amide bonds. The summed E-state index contributed by atoms with van der Waals surface area (Å²) in [5, 5.41) is 11.6. The standard InChI is InChI=1S/C34H44N2O7/c1-5-41-29-21-24(7-10-28(29)42-16-11-22(2)3)31-30(32(37)25-8-9-27-26(20-25)19-23(4)43-27)33(38)34(39)36(31)13-6-12-35-14-17-40-18-15-35/h7-10,20-23,31,37H,5-6,11-19H2,1-4H3/t23-,31-/m1/s1. The summed E-state index contributed by atoms with van der Waals surface area (Å²) in [6.07, 6.45) is 2.35. The second-order valence-corrected chi connectivity index (χ2v) is 11.9. The summed E-state index contributed by atoms with van der Waals surface area (Å²) >= 11 is 0. The Labute approximate surface area is 254 Å². The molecule has 2 fully saturated rings. The number of hydrogen-bond acceptors (Lipinski definition) is 8. The van der Waals surface area contributed by atoms with E-state index in [0.717, 1.165) is 37.4 Å². The lowest BCUT2D eigenvalue weighted by molar-refractivity contribution is -0.140. The number of hydrogen-bond donors (Lipinski definition) is 1. The van der Waals surface area contributed by atoms with Gasteiger partial charge in [0, 0.05) is 38.2 Å². The molecule has 3 aliphatic rings. The van der Waals surface area contributed by atoms with Gasteiger partial charge in [0.15, 0.2) is 11.5 Å². The summed E-state index contributed by atoms with van der Waals surface area (Å²) in [5.74, 6) is 0.960. The van der Waals surface area contributed by atoms with Gasteiger partial charge in [0.25, 0.3) is 11.7 Å². The Bertz CT molecular complexity index is 1350. The average Bonchev–Trinajstić information content (AvgIpc) is 3.49. The highest BCUT2D eigenvalue weighted by molar-refractivity contribution is 6.46. The van der Waals surface area contributed by atoms with Crippen molar-refractivity contribution in [3.05, 3.63) is 58.7 Å². The third-order valence-corrected chi connectivity index (χ3v) is 8.22. The van der Waals surface area contributed by atoms with Gasteiger partial charge in [-0.25, -0.2) is 0 Å². The number of nitrogens with zero attached hydrogens (tertiary/aromatic N) is 2. The van der Waals surface area contributed by atoms with Gasteiger partial charge >= 0.3 is 0 Å². The monoisotopic (exact) mass is 592 g/mol. The molecule has 1 N–H and O–H groups in total. The van der Waals surface area contributed by atoms with Crippen LogP contribution in [0.5, 0.6) is 17.2 Å². The van der Waals surface area contributed by atoms with Crippen molar-refractivity contribution in [1.29, 1.82) is 0 Å². The maximum atomic E-state index is 13.6. The summed E-state index contributed by atoms with van der Waals surface area (Å²) in [6.45, 7) is 13.4. The Hall–Kier alpha value is -3.56. The summed E-state index contributed by atoms with van der Waals surface area (Å²) in [4.78, 5) is 31.1. The Balaban J connectivity index is 1.50. The van der Waals surface area contributed by atoms with E-state index in [-0.39, 0.29) is 17.4 Å². The van der Waals surface area contributed by atoms with E-state index in [2.05, 4.69) is 18.7 Å². The number of fused-ring (bicyclic) bond motifs is 1. The van der Waals surface area contributed by atoms with Crippen LogP contribution in [-0.2, 0) is 20.7 Å². The van der Waals surface area contributed by atoms with Crippen LogP contribution in [0.4, 0.5) is 0 Å². The molecule has 9 nitrogen and oxygen atoms in total. The molecule has 2 aromatic carbocycles. The molecule has 0 saturated carbocycles. The third kappa shape index (κ3) is 6.99. The Morgan fingerprint density at radius 3 is 2.58 bits per heavy atom. The highest BCUT2D eigenvalue weighted by Gasteiger charge is 2.46. The van der Waals surface area contributed by atoms with Crippen LogP contribution in [0.25, 0.3) is 5.76 Å². The van der Waals surface area contributed by atoms with Gasteiger partial charge in [-0.3, -0.25) is 14.5 Å². The molecular formula is C34H44N2O7. The van der Waals surface area contributed by atoms with Crippen LogP contribution in [0.3, 0.4) is 0 Å². The van der Waals surface area contributed by atoms with Crippen LogP contribution in [0.1, 0.15) is 63.3 Å². The molecule has 2 aromatic rings. The van der Waals surface area contributed by atoms with Crippen molar-refractivity contribution >= 4 is 17.4 Å². The van der Waals surface area contributed by atoms with E-state index in [4.69, 9.17) is 18.9 Å². The topological polar surface area (TPSA) is 97.8 Å². The highest BCUT2D eigenvalue weighted by atomic mass is 16.5. The predicted molar refractivity (Wildman–Crippen MR) is 164 cm³/mol. The van der Waals surface area contributed by atoms with E-state index in [1.807, 2.05) is 44.2 Å². The van der Waals surface area contributed by atoms with Crippen molar-refractivity contribution in [2.45, 2.75) is 59.1 Å². The molecular weight excluding hydrogens is 548 g/mol. The van der Waals surface area contributed by atoms with Gasteiger partial charge in [0.05, 0.1) is 38.0 Å². The first-order valence-corrected chi connectivity index (χ1v) is 15.5. The molecule has 232 valence electrons. The van der Waals surface area contributed by atoms with E-state index >= 15 is 0 Å². The van der Waals surface area contributed by atoms with Crippen molar-refractivity contribution in [1.82, 2.24) is 9.80 Å². The largest absolute Gasteiger partial charge is 0.507 e. The molecule has 0 aromatic heterocycles. The number of ether oxygens (including phenoxy) is 4. The van der Waals surface area contributed by atoms with Crippen molar-refractivity contribution in [3.8, 4) is 17.2 Å². The van der Waals surface area contributed by atoms with Gasteiger partial charge in [-0.05, 0) is 74.1 Å². The average molecular weight is 593 g/mol. The number of aliphatic hydroxyl groups excluding tert-OH is 1. The number of rotatable bonds is 12. The molecule has 3 heterocycles. The minimum Gasteiger partial charge on any atom is -0.507 e. The second kappa shape index (κ2) is 13.8. The van der Waals surface area contributed by atoms with E-state index in [1.165, 1.54) is 0 Å². The van der Waals surface area contributed by atoms with Crippen molar-refractivity contribution in [3.63, 3.8) is 0 Å².